The molecule has 0 aromatic carbocycles. The predicted octanol–water partition coefficient (Wildman–Crippen LogP) is 1.58. The molecule has 0 saturated heterocycles. The van der Waals surface area contributed by atoms with Crippen molar-refractivity contribution in [2.75, 3.05) is 13.6 Å². The molecule has 0 unspecified atom stereocenters. The minimum atomic E-state index is -1.03. The summed E-state index contributed by atoms with van der Waals surface area (Å²) in [6.45, 7) is 3.67. The van der Waals surface area contributed by atoms with E-state index in [0.717, 1.165) is 5.56 Å². The van der Waals surface area contributed by atoms with Crippen LogP contribution in [-0.4, -0.2) is 40.5 Å². The topological polar surface area (TPSA) is 70.5 Å². The molecule has 1 aromatic rings. The van der Waals surface area contributed by atoms with Gasteiger partial charge in [-0.25, -0.2) is 0 Å². The Labute approximate surface area is 113 Å². The fourth-order valence-electron chi connectivity index (χ4n) is 1.56. The molecule has 1 heterocycles. The summed E-state index contributed by atoms with van der Waals surface area (Å²) in [6.07, 6.45) is 4.18. The van der Waals surface area contributed by atoms with Crippen molar-refractivity contribution in [3.05, 3.63) is 30.1 Å². The molecule has 0 bridgehead atoms. The van der Waals surface area contributed by atoms with Crippen LogP contribution >= 0.6 is 0 Å². The second-order valence-corrected chi connectivity index (χ2v) is 5.29. The molecule has 5 nitrogen and oxygen atoms in total. The summed E-state index contributed by atoms with van der Waals surface area (Å²) in [5, 5.41) is 9.00. The van der Waals surface area contributed by atoms with E-state index in [-0.39, 0.29) is 12.3 Å². The van der Waals surface area contributed by atoms with Crippen LogP contribution in [-0.2, 0) is 16.0 Å². The fraction of sp³-hybridized carbons (Fsp3) is 0.500. The lowest BCUT2D eigenvalue weighted by Gasteiger charge is -2.23. The molecule has 1 aromatic heterocycles. The number of carbonyl (C=O) groups is 2. The zero-order chi connectivity index (χ0) is 14.5. The predicted molar refractivity (Wildman–Crippen MR) is 71.6 cm³/mol. The molecule has 1 N–H and O–H groups in total. The van der Waals surface area contributed by atoms with Gasteiger partial charge in [0, 0.05) is 32.4 Å². The van der Waals surface area contributed by atoms with Crippen LogP contribution in [0.1, 0.15) is 25.8 Å². The highest BCUT2D eigenvalue weighted by Crippen LogP contribution is 2.21. The number of nitrogens with zero attached hydrogens (tertiary/aromatic N) is 2. The van der Waals surface area contributed by atoms with Crippen molar-refractivity contribution in [1.82, 2.24) is 9.88 Å². The number of carbonyl (C=O) groups excluding carboxylic acids is 1. The van der Waals surface area contributed by atoms with E-state index in [1.807, 2.05) is 12.1 Å². The Morgan fingerprint density at radius 2 is 2.11 bits per heavy atom. The second-order valence-electron chi connectivity index (χ2n) is 5.29. The summed E-state index contributed by atoms with van der Waals surface area (Å²) >= 11 is 0. The van der Waals surface area contributed by atoms with Gasteiger partial charge in [0.25, 0.3) is 0 Å². The molecule has 0 atom stereocenters. The van der Waals surface area contributed by atoms with Crippen LogP contribution in [0.4, 0.5) is 0 Å². The van der Waals surface area contributed by atoms with Crippen molar-refractivity contribution in [3.8, 4) is 0 Å². The third kappa shape index (κ3) is 4.69. The zero-order valence-electron chi connectivity index (χ0n) is 11.6. The van der Waals surface area contributed by atoms with Gasteiger partial charge in [-0.2, -0.15) is 0 Å². The Morgan fingerprint density at radius 1 is 1.42 bits per heavy atom. The van der Waals surface area contributed by atoms with Crippen molar-refractivity contribution in [2.24, 2.45) is 5.41 Å². The third-order valence-electron chi connectivity index (χ3n) is 3.06. The molecule has 0 aliphatic heterocycles. The largest absolute Gasteiger partial charge is 0.481 e. The van der Waals surface area contributed by atoms with E-state index >= 15 is 0 Å². The number of likely N-dealkylation sites (N-methyl/N-ethyl adjacent to an activating group) is 1. The van der Waals surface area contributed by atoms with Gasteiger partial charge in [0.15, 0.2) is 0 Å². The van der Waals surface area contributed by atoms with E-state index in [4.69, 9.17) is 5.11 Å². The van der Waals surface area contributed by atoms with Crippen LogP contribution in [0.5, 0.6) is 0 Å². The van der Waals surface area contributed by atoms with Crippen molar-refractivity contribution in [3.63, 3.8) is 0 Å². The van der Waals surface area contributed by atoms with Gasteiger partial charge < -0.3 is 10.0 Å². The van der Waals surface area contributed by atoms with Crippen molar-refractivity contribution in [1.29, 1.82) is 0 Å². The number of aromatic nitrogens is 1. The molecule has 1 rings (SSSR count). The zero-order valence-corrected chi connectivity index (χ0v) is 11.6. The molecule has 0 radical (unpaired) electrons. The lowest BCUT2D eigenvalue weighted by molar-refractivity contribution is -0.151. The molecular formula is C14H20N2O3. The standard InChI is InChI=1S/C14H20N2O3/c1-14(2,13(18)19)9-12(17)16(3)8-6-11-5-4-7-15-10-11/h4-5,7,10H,6,8-9H2,1-3H3,(H,18,19). The van der Waals surface area contributed by atoms with E-state index in [2.05, 4.69) is 4.98 Å². The minimum absolute atomic E-state index is 0.00583. The van der Waals surface area contributed by atoms with Crippen molar-refractivity contribution < 1.29 is 14.7 Å². The molecule has 0 spiro atoms. The molecule has 104 valence electrons. The first-order valence-corrected chi connectivity index (χ1v) is 6.19. The Bertz CT molecular complexity index is 443. The van der Waals surface area contributed by atoms with Crippen LogP contribution < -0.4 is 0 Å². The van der Waals surface area contributed by atoms with Crippen LogP contribution in [0.15, 0.2) is 24.5 Å². The molecule has 0 fully saturated rings. The smallest absolute Gasteiger partial charge is 0.309 e. The monoisotopic (exact) mass is 264 g/mol. The van der Waals surface area contributed by atoms with Crippen LogP contribution in [0.2, 0.25) is 0 Å². The number of hydrogen-bond acceptors (Lipinski definition) is 3. The number of hydrogen-bond donors (Lipinski definition) is 1. The summed E-state index contributed by atoms with van der Waals surface area (Å²) in [5.74, 6) is -1.11. The molecule has 1 amide bonds. The maximum Gasteiger partial charge on any atom is 0.309 e. The highest BCUT2D eigenvalue weighted by Gasteiger charge is 2.31. The van der Waals surface area contributed by atoms with Crippen LogP contribution in [0.3, 0.4) is 0 Å². The first kappa shape index (κ1) is 15.1. The van der Waals surface area contributed by atoms with Crippen molar-refractivity contribution >= 4 is 11.9 Å². The quantitative estimate of drug-likeness (QED) is 0.847. The van der Waals surface area contributed by atoms with E-state index in [1.54, 1.807) is 38.2 Å². The Hall–Kier alpha value is -1.91. The lowest BCUT2D eigenvalue weighted by Crippen LogP contribution is -2.35. The molecule has 0 aliphatic rings. The Kier molecular flexibility index (Phi) is 5.03. The highest BCUT2D eigenvalue weighted by atomic mass is 16.4. The van der Waals surface area contributed by atoms with Gasteiger partial charge in [0.2, 0.25) is 5.91 Å². The average molecular weight is 264 g/mol. The van der Waals surface area contributed by atoms with Crippen LogP contribution in [0.25, 0.3) is 0 Å². The minimum Gasteiger partial charge on any atom is -0.481 e. The molecular weight excluding hydrogens is 244 g/mol. The number of amides is 1. The molecule has 19 heavy (non-hydrogen) atoms. The second kappa shape index (κ2) is 6.31. The number of carboxylic acid groups (broad SMARTS) is 1. The van der Waals surface area contributed by atoms with E-state index < -0.39 is 11.4 Å². The number of carboxylic acids is 1. The SMILES string of the molecule is CN(CCc1cccnc1)C(=O)CC(C)(C)C(=O)O. The fourth-order valence-corrected chi connectivity index (χ4v) is 1.56. The summed E-state index contributed by atoms with van der Waals surface area (Å²) in [4.78, 5) is 28.5. The van der Waals surface area contributed by atoms with Gasteiger partial charge in [-0.15, -0.1) is 0 Å². The Morgan fingerprint density at radius 3 is 2.63 bits per heavy atom. The maximum atomic E-state index is 11.9. The normalized spacial score (nSPS) is 11.1. The van der Waals surface area contributed by atoms with E-state index in [1.165, 1.54) is 0 Å². The third-order valence-corrected chi connectivity index (χ3v) is 3.06. The number of pyridine rings is 1. The first-order valence-electron chi connectivity index (χ1n) is 6.19. The van der Waals surface area contributed by atoms with Crippen molar-refractivity contribution in [2.45, 2.75) is 26.7 Å². The summed E-state index contributed by atoms with van der Waals surface area (Å²) in [5.41, 5.74) is 0.0271. The van der Waals surface area contributed by atoms with Gasteiger partial charge in [-0.3, -0.25) is 14.6 Å². The lowest BCUT2D eigenvalue weighted by atomic mass is 9.89. The van der Waals surface area contributed by atoms with Crippen LogP contribution in [0, 0.1) is 5.41 Å². The van der Waals surface area contributed by atoms with Gasteiger partial charge >= 0.3 is 5.97 Å². The number of rotatable bonds is 6. The number of aliphatic carboxylic acids is 1. The van der Waals surface area contributed by atoms with Gasteiger partial charge in [-0.05, 0) is 31.9 Å². The maximum absolute atomic E-state index is 11.9. The first-order chi connectivity index (χ1) is 8.83. The highest BCUT2D eigenvalue weighted by molar-refractivity contribution is 5.84. The average Bonchev–Trinajstić information content (AvgIpc) is 2.36. The summed E-state index contributed by atoms with van der Waals surface area (Å²) in [7, 11) is 1.69. The molecule has 0 aliphatic carbocycles. The van der Waals surface area contributed by atoms with E-state index in [0.29, 0.717) is 13.0 Å². The Balaban J connectivity index is 2.48. The summed E-state index contributed by atoms with van der Waals surface area (Å²) in [6, 6.07) is 3.80. The van der Waals surface area contributed by atoms with E-state index in [9.17, 15) is 9.59 Å². The van der Waals surface area contributed by atoms with Gasteiger partial charge in [0.1, 0.15) is 0 Å². The molecule has 0 saturated carbocycles. The molecule has 5 heteroatoms. The van der Waals surface area contributed by atoms with Gasteiger partial charge in [-0.1, -0.05) is 6.07 Å². The summed E-state index contributed by atoms with van der Waals surface area (Å²) < 4.78 is 0. The van der Waals surface area contributed by atoms with Gasteiger partial charge in [0.05, 0.1) is 5.41 Å².